The van der Waals surface area contributed by atoms with Gasteiger partial charge in [-0.2, -0.15) is 0 Å². The van der Waals surface area contributed by atoms with Crippen molar-refractivity contribution in [2.75, 3.05) is 6.61 Å². The lowest BCUT2D eigenvalue weighted by Crippen LogP contribution is -2.25. The molecular formula is C11H16O2. The molecule has 0 radical (unpaired) electrons. The number of fused-ring (bicyclic) bond motifs is 2. The summed E-state index contributed by atoms with van der Waals surface area (Å²) in [6.07, 6.45) is 7.12. The van der Waals surface area contributed by atoms with Crippen molar-refractivity contribution in [3.8, 4) is 0 Å². The zero-order chi connectivity index (χ0) is 8.84. The maximum absolute atomic E-state index is 9.97. The highest BCUT2D eigenvalue weighted by molar-refractivity contribution is 5.19. The van der Waals surface area contributed by atoms with Gasteiger partial charge in [-0.1, -0.05) is 11.6 Å². The highest BCUT2D eigenvalue weighted by Crippen LogP contribution is 2.46. The molecule has 3 aliphatic rings. The largest absolute Gasteiger partial charge is 0.393 e. The smallest absolute Gasteiger partial charge is 0.0834 e. The van der Waals surface area contributed by atoms with E-state index in [-0.39, 0.29) is 6.10 Å². The van der Waals surface area contributed by atoms with E-state index >= 15 is 0 Å². The molecule has 0 aromatic heterocycles. The molecule has 1 N–H and O–H groups in total. The quantitative estimate of drug-likeness (QED) is 0.527. The molecule has 0 aromatic carbocycles. The Morgan fingerprint density at radius 1 is 1.54 bits per heavy atom. The highest BCUT2D eigenvalue weighted by Gasteiger charge is 2.40. The van der Waals surface area contributed by atoms with Crippen LogP contribution in [0.1, 0.15) is 25.7 Å². The minimum absolute atomic E-state index is 0.108. The van der Waals surface area contributed by atoms with Gasteiger partial charge in [0, 0.05) is 6.42 Å². The van der Waals surface area contributed by atoms with Crippen molar-refractivity contribution < 1.29 is 9.84 Å². The van der Waals surface area contributed by atoms with E-state index in [1.807, 2.05) is 0 Å². The molecule has 0 spiro atoms. The molecule has 72 valence electrons. The van der Waals surface area contributed by atoms with Crippen LogP contribution in [-0.4, -0.2) is 23.9 Å². The monoisotopic (exact) mass is 180 g/mol. The van der Waals surface area contributed by atoms with E-state index in [0.717, 1.165) is 25.4 Å². The number of rotatable bonds is 3. The number of hydrogen-bond acceptors (Lipinski definition) is 2. The molecule has 0 aromatic rings. The zero-order valence-electron chi connectivity index (χ0n) is 7.78. The van der Waals surface area contributed by atoms with Gasteiger partial charge in [-0.3, -0.25) is 0 Å². The van der Waals surface area contributed by atoms with E-state index in [2.05, 4.69) is 6.08 Å². The Morgan fingerprint density at radius 3 is 2.92 bits per heavy atom. The first-order valence-corrected chi connectivity index (χ1v) is 5.30. The first-order valence-electron chi connectivity index (χ1n) is 5.30. The number of aliphatic hydroxyl groups is 1. The van der Waals surface area contributed by atoms with E-state index in [1.54, 1.807) is 5.57 Å². The minimum Gasteiger partial charge on any atom is -0.393 e. The van der Waals surface area contributed by atoms with Crippen LogP contribution in [0.2, 0.25) is 0 Å². The lowest BCUT2D eigenvalue weighted by atomic mass is 9.85. The van der Waals surface area contributed by atoms with E-state index in [9.17, 15) is 5.11 Å². The first kappa shape index (κ1) is 8.01. The Hall–Kier alpha value is -0.340. The van der Waals surface area contributed by atoms with Gasteiger partial charge in [0.15, 0.2) is 0 Å². The lowest BCUT2D eigenvalue weighted by molar-refractivity contribution is 0.0705. The molecule has 2 bridgehead atoms. The normalized spacial score (nSPS) is 43.5. The van der Waals surface area contributed by atoms with Gasteiger partial charge in [0.05, 0.1) is 18.8 Å². The summed E-state index contributed by atoms with van der Waals surface area (Å²) in [6.45, 7) is 0.872. The molecule has 3 rings (SSSR count). The topological polar surface area (TPSA) is 32.8 Å². The fraction of sp³-hybridized carbons (Fsp3) is 0.818. The number of hydrogen-bond donors (Lipinski definition) is 1. The van der Waals surface area contributed by atoms with Crippen LogP contribution in [0.4, 0.5) is 0 Å². The van der Waals surface area contributed by atoms with Gasteiger partial charge < -0.3 is 9.84 Å². The summed E-state index contributed by atoms with van der Waals surface area (Å²) in [7, 11) is 0. The zero-order valence-corrected chi connectivity index (χ0v) is 7.78. The van der Waals surface area contributed by atoms with Crippen molar-refractivity contribution in [3.05, 3.63) is 11.6 Å². The summed E-state index contributed by atoms with van der Waals surface area (Å²) in [6, 6.07) is 0. The van der Waals surface area contributed by atoms with E-state index in [4.69, 9.17) is 4.74 Å². The minimum atomic E-state index is -0.108. The standard InChI is InChI=1S/C11H16O2/c12-11(5-9-6-13-9)10-4-7-1-2-8(10)3-7/h1,8-12H,2-6H2. The number of allylic oxidation sites excluding steroid dienone is 2. The molecule has 1 saturated carbocycles. The summed E-state index contributed by atoms with van der Waals surface area (Å²) in [5, 5.41) is 9.97. The number of aliphatic hydroxyl groups excluding tert-OH is 1. The Bertz CT molecular complexity index is 242. The Kier molecular flexibility index (Phi) is 1.74. The second kappa shape index (κ2) is 2.82. The van der Waals surface area contributed by atoms with Gasteiger partial charge >= 0.3 is 0 Å². The van der Waals surface area contributed by atoms with Gasteiger partial charge in [-0.15, -0.1) is 0 Å². The molecule has 1 heterocycles. The predicted molar refractivity (Wildman–Crippen MR) is 49.3 cm³/mol. The summed E-state index contributed by atoms with van der Waals surface area (Å²) < 4.78 is 5.14. The third kappa shape index (κ3) is 1.42. The van der Waals surface area contributed by atoms with Crippen molar-refractivity contribution in [2.45, 2.75) is 37.9 Å². The Labute approximate surface area is 78.6 Å². The van der Waals surface area contributed by atoms with Crippen molar-refractivity contribution in [3.63, 3.8) is 0 Å². The SMILES string of the molecule is OC(CC1CO1)C1CC2=CCC1C2. The molecule has 2 heteroatoms. The molecule has 2 fully saturated rings. The summed E-state index contributed by atoms with van der Waals surface area (Å²) in [5.74, 6) is 1.30. The van der Waals surface area contributed by atoms with Crippen molar-refractivity contribution in [2.24, 2.45) is 11.8 Å². The number of epoxide rings is 1. The molecule has 2 aliphatic carbocycles. The van der Waals surface area contributed by atoms with E-state index in [0.29, 0.717) is 12.0 Å². The molecular weight excluding hydrogens is 164 g/mol. The number of ether oxygens (including phenoxy) is 1. The van der Waals surface area contributed by atoms with Crippen LogP contribution in [-0.2, 0) is 4.74 Å². The Balaban J connectivity index is 1.62. The van der Waals surface area contributed by atoms with Gasteiger partial charge in [0.1, 0.15) is 0 Å². The third-order valence-electron chi connectivity index (χ3n) is 3.74. The average molecular weight is 180 g/mol. The van der Waals surface area contributed by atoms with Crippen LogP contribution in [0.15, 0.2) is 11.6 Å². The van der Waals surface area contributed by atoms with Gasteiger partial charge in [0.2, 0.25) is 0 Å². The highest BCUT2D eigenvalue weighted by atomic mass is 16.6. The van der Waals surface area contributed by atoms with Crippen LogP contribution < -0.4 is 0 Å². The maximum Gasteiger partial charge on any atom is 0.0834 e. The Morgan fingerprint density at radius 2 is 2.38 bits per heavy atom. The lowest BCUT2D eigenvalue weighted by Gasteiger charge is -2.24. The molecule has 2 nitrogen and oxygen atoms in total. The predicted octanol–water partition coefficient (Wildman–Crippen LogP) is 1.49. The van der Waals surface area contributed by atoms with Crippen LogP contribution in [0.25, 0.3) is 0 Å². The van der Waals surface area contributed by atoms with E-state index in [1.165, 1.54) is 12.8 Å². The first-order chi connectivity index (χ1) is 6.33. The van der Waals surface area contributed by atoms with Crippen molar-refractivity contribution in [1.82, 2.24) is 0 Å². The summed E-state index contributed by atoms with van der Waals surface area (Å²) in [5.41, 5.74) is 1.59. The molecule has 4 atom stereocenters. The van der Waals surface area contributed by atoms with Crippen LogP contribution in [0.5, 0.6) is 0 Å². The van der Waals surface area contributed by atoms with Crippen LogP contribution in [0, 0.1) is 11.8 Å². The molecule has 0 amide bonds. The molecule has 1 saturated heterocycles. The van der Waals surface area contributed by atoms with Crippen LogP contribution in [0.3, 0.4) is 0 Å². The molecule has 4 unspecified atom stereocenters. The van der Waals surface area contributed by atoms with Gasteiger partial charge in [-0.05, 0) is 31.1 Å². The van der Waals surface area contributed by atoms with Gasteiger partial charge in [-0.25, -0.2) is 0 Å². The fourth-order valence-corrected chi connectivity index (χ4v) is 2.88. The van der Waals surface area contributed by atoms with Crippen LogP contribution >= 0.6 is 0 Å². The van der Waals surface area contributed by atoms with Crippen molar-refractivity contribution >= 4 is 0 Å². The molecule has 1 aliphatic heterocycles. The van der Waals surface area contributed by atoms with Gasteiger partial charge in [0.25, 0.3) is 0 Å². The second-order valence-corrected chi connectivity index (χ2v) is 4.69. The summed E-state index contributed by atoms with van der Waals surface area (Å²) >= 11 is 0. The molecule has 13 heavy (non-hydrogen) atoms. The van der Waals surface area contributed by atoms with Crippen molar-refractivity contribution in [1.29, 1.82) is 0 Å². The fourth-order valence-electron chi connectivity index (χ4n) is 2.88. The summed E-state index contributed by atoms with van der Waals surface area (Å²) in [4.78, 5) is 0. The van der Waals surface area contributed by atoms with E-state index < -0.39 is 0 Å². The maximum atomic E-state index is 9.97. The third-order valence-corrected chi connectivity index (χ3v) is 3.74. The second-order valence-electron chi connectivity index (χ2n) is 4.69. The average Bonchev–Trinajstić information content (AvgIpc) is 2.71.